The van der Waals surface area contributed by atoms with Gasteiger partial charge in [-0.3, -0.25) is 4.79 Å². The van der Waals surface area contributed by atoms with E-state index in [9.17, 15) is 4.79 Å². The standard InChI is InChI=1S/C10H13N3OS/c14-10(9-3-12-15-6-9)13-4-7-1-11-2-8(7)5-13/h3,6-8,11H,1-2,4-5H2. The second kappa shape index (κ2) is 3.57. The molecule has 3 heterocycles. The molecule has 2 saturated heterocycles. The average molecular weight is 223 g/mol. The molecular formula is C10H13N3OS. The Morgan fingerprint density at radius 2 is 2.20 bits per heavy atom. The Kier molecular flexibility index (Phi) is 2.21. The van der Waals surface area contributed by atoms with Crippen molar-refractivity contribution in [1.29, 1.82) is 0 Å². The molecule has 2 atom stereocenters. The van der Waals surface area contributed by atoms with Crippen LogP contribution in [-0.2, 0) is 0 Å². The molecule has 1 N–H and O–H groups in total. The number of carbonyl (C=O) groups excluding carboxylic acids is 1. The lowest BCUT2D eigenvalue weighted by Gasteiger charge is -2.16. The van der Waals surface area contributed by atoms with E-state index in [2.05, 4.69) is 9.69 Å². The Bertz CT molecular complexity index is 353. The summed E-state index contributed by atoms with van der Waals surface area (Å²) in [5, 5.41) is 5.20. The van der Waals surface area contributed by atoms with Crippen molar-refractivity contribution in [3.05, 3.63) is 17.1 Å². The molecule has 0 saturated carbocycles. The van der Waals surface area contributed by atoms with Gasteiger partial charge in [0, 0.05) is 31.6 Å². The molecule has 0 radical (unpaired) electrons. The number of rotatable bonds is 1. The van der Waals surface area contributed by atoms with Gasteiger partial charge in [0.05, 0.1) is 11.8 Å². The highest BCUT2D eigenvalue weighted by atomic mass is 32.1. The molecule has 5 heteroatoms. The Labute approximate surface area is 92.4 Å². The zero-order chi connectivity index (χ0) is 10.3. The summed E-state index contributed by atoms with van der Waals surface area (Å²) < 4.78 is 3.97. The van der Waals surface area contributed by atoms with Crippen molar-refractivity contribution in [2.24, 2.45) is 11.8 Å². The first-order valence-electron chi connectivity index (χ1n) is 5.24. The summed E-state index contributed by atoms with van der Waals surface area (Å²) in [6.07, 6.45) is 1.67. The van der Waals surface area contributed by atoms with Gasteiger partial charge in [-0.2, -0.15) is 0 Å². The Balaban J connectivity index is 1.72. The van der Waals surface area contributed by atoms with E-state index in [0.717, 1.165) is 31.7 Å². The van der Waals surface area contributed by atoms with Crippen molar-refractivity contribution in [2.75, 3.05) is 26.2 Å². The number of carbonyl (C=O) groups is 1. The van der Waals surface area contributed by atoms with Crippen LogP contribution in [-0.4, -0.2) is 41.4 Å². The quantitative estimate of drug-likeness (QED) is 0.751. The van der Waals surface area contributed by atoms with Crippen molar-refractivity contribution < 1.29 is 4.79 Å². The normalized spacial score (nSPS) is 29.5. The van der Waals surface area contributed by atoms with Gasteiger partial charge in [-0.05, 0) is 23.4 Å². The SMILES string of the molecule is O=C(c1cnsc1)N1CC2CNCC2C1. The molecule has 4 nitrogen and oxygen atoms in total. The number of fused-ring (bicyclic) bond motifs is 1. The average Bonchev–Trinajstić information content (AvgIpc) is 2.92. The predicted octanol–water partition coefficient (Wildman–Crippen LogP) is 0.434. The smallest absolute Gasteiger partial charge is 0.256 e. The molecule has 0 aliphatic carbocycles. The van der Waals surface area contributed by atoms with Gasteiger partial charge in [-0.1, -0.05) is 0 Å². The summed E-state index contributed by atoms with van der Waals surface area (Å²) >= 11 is 1.34. The van der Waals surface area contributed by atoms with Crippen LogP contribution in [0.3, 0.4) is 0 Å². The predicted molar refractivity (Wildman–Crippen MR) is 57.9 cm³/mol. The van der Waals surface area contributed by atoms with E-state index in [0.29, 0.717) is 11.8 Å². The maximum absolute atomic E-state index is 12.0. The first-order valence-corrected chi connectivity index (χ1v) is 6.07. The van der Waals surface area contributed by atoms with Crippen LogP contribution in [0.5, 0.6) is 0 Å². The Morgan fingerprint density at radius 1 is 1.47 bits per heavy atom. The van der Waals surface area contributed by atoms with E-state index in [-0.39, 0.29) is 5.91 Å². The largest absolute Gasteiger partial charge is 0.338 e. The summed E-state index contributed by atoms with van der Waals surface area (Å²) in [5.74, 6) is 1.49. The number of aromatic nitrogens is 1. The lowest BCUT2D eigenvalue weighted by molar-refractivity contribution is 0.0782. The molecule has 2 unspecified atom stereocenters. The van der Waals surface area contributed by atoms with Crippen molar-refractivity contribution in [1.82, 2.24) is 14.6 Å². The summed E-state index contributed by atoms with van der Waals surface area (Å²) in [6.45, 7) is 3.95. The molecule has 0 bridgehead atoms. The fourth-order valence-electron chi connectivity index (χ4n) is 2.51. The molecule has 1 amide bonds. The highest BCUT2D eigenvalue weighted by molar-refractivity contribution is 7.03. The highest BCUT2D eigenvalue weighted by Gasteiger charge is 2.38. The van der Waals surface area contributed by atoms with Crippen LogP contribution >= 0.6 is 11.5 Å². The number of hydrogen-bond donors (Lipinski definition) is 1. The number of amides is 1. The first-order chi connectivity index (χ1) is 7.34. The van der Waals surface area contributed by atoms with Crippen LogP contribution in [0, 0.1) is 11.8 Å². The summed E-state index contributed by atoms with van der Waals surface area (Å²) in [4.78, 5) is 14.0. The number of nitrogens with one attached hydrogen (secondary N) is 1. The van der Waals surface area contributed by atoms with Crippen LogP contribution < -0.4 is 5.32 Å². The molecule has 15 heavy (non-hydrogen) atoms. The van der Waals surface area contributed by atoms with E-state index in [1.165, 1.54) is 11.5 Å². The molecule has 1 aromatic rings. The van der Waals surface area contributed by atoms with Gasteiger partial charge in [0.1, 0.15) is 0 Å². The summed E-state index contributed by atoms with van der Waals surface area (Å²) in [7, 11) is 0. The van der Waals surface area contributed by atoms with Gasteiger partial charge in [0.15, 0.2) is 0 Å². The monoisotopic (exact) mass is 223 g/mol. The molecule has 0 aromatic carbocycles. The van der Waals surface area contributed by atoms with Crippen LogP contribution in [0.15, 0.2) is 11.6 Å². The van der Waals surface area contributed by atoms with E-state index in [1.54, 1.807) is 6.20 Å². The number of likely N-dealkylation sites (tertiary alicyclic amines) is 1. The van der Waals surface area contributed by atoms with Crippen LogP contribution in [0.4, 0.5) is 0 Å². The van der Waals surface area contributed by atoms with Crippen molar-refractivity contribution in [2.45, 2.75) is 0 Å². The van der Waals surface area contributed by atoms with Crippen LogP contribution in [0.25, 0.3) is 0 Å². The minimum atomic E-state index is 0.151. The molecule has 3 rings (SSSR count). The van der Waals surface area contributed by atoms with Gasteiger partial charge in [0.25, 0.3) is 5.91 Å². The van der Waals surface area contributed by atoms with E-state index in [1.807, 2.05) is 10.3 Å². The highest BCUT2D eigenvalue weighted by Crippen LogP contribution is 2.27. The maximum Gasteiger partial charge on any atom is 0.256 e. The van der Waals surface area contributed by atoms with Crippen molar-refractivity contribution in [3.8, 4) is 0 Å². The fraction of sp³-hybridized carbons (Fsp3) is 0.600. The molecular weight excluding hydrogens is 210 g/mol. The third kappa shape index (κ3) is 1.55. The minimum absolute atomic E-state index is 0.151. The Morgan fingerprint density at radius 3 is 2.80 bits per heavy atom. The molecule has 0 spiro atoms. The van der Waals surface area contributed by atoms with Gasteiger partial charge in [-0.25, -0.2) is 4.37 Å². The number of hydrogen-bond acceptors (Lipinski definition) is 4. The third-order valence-corrected chi connectivity index (χ3v) is 3.94. The minimum Gasteiger partial charge on any atom is -0.338 e. The third-order valence-electron chi connectivity index (χ3n) is 3.36. The lowest BCUT2D eigenvalue weighted by atomic mass is 10.0. The zero-order valence-corrected chi connectivity index (χ0v) is 9.17. The fourth-order valence-corrected chi connectivity index (χ4v) is 3.02. The second-order valence-electron chi connectivity index (χ2n) is 4.30. The van der Waals surface area contributed by atoms with E-state index < -0.39 is 0 Å². The maximum atomic E-state index is 12.0. The van der Waals surface area contributed by atoms with E-state index in [4.69, 9.17) is 0 Å². The van der Waals surface area contributed by atoms with Crippen molar-refractivity contribution in [3.63, 3.8) is 0 Å². The lowest BCUT2D eigenvalue weighted by Crippen LogP contribution is -2.31. The van der Waals surface area contributed by atoms with Gasteiger partial charge in [0.2, 0.25) is 0 Å². The van der Waals surface area contributed by atoms with Crippen molar-refractivity contribution >= 4 is 17.4 Å². The van der Waals surface area contributed by atoms with Gasteiger partial charge >= 0.3 is 0 Å². The summed E-state index contributed by atoms with van der Waals surface area (Å²) in [5.41, 5.74) is 0.743. The zero-order valence-electron chi connectivity index (χ0n) is 8.35. The van der Waals surface area contributed by atoms with Gasteiger partial charge < -0.3 is 10.2 Å². The molecule has 1 aromatic heterocycles. The van der Waals surface area contributed by atoms with Gasteiger partial charge in [-0.15, -0.1) is 0 Å². The summed E-state index contributed by atoms with van der Waals surface area (Å²) in [6, 6.07) is 0. The number of nitrogens with zero attached hydrogens (tertiary/aromatic N) is 2. The van der Waals surface area contributed by atoms with Crippen LogP contribution in [0.2, 0.25) is 0 Å². The molecule has 80 valence electrons. The Hall–Kier alpha value is -0.940. The van der Waals surface area contributed by atoms with Crippen LogP contribution in [0.1, 0.15) is 10.4 Å². The topological polar surface area (TPSA) is 45.2 Å². The van der Waals surface area contributed by atoms with E-state index >= 15 is 0 Å². The molecule has 2 fully saturated rings. The second-order valence-corrected chi connectivity index (χ2v) is 4.96. The molecule has 2 aliphatic rings. The first kappa shape index (κ1) is 9.30. The molecule has 2 aliphatic heterocycles.